The molecule has 11 heavy (non-hydrogen) atoms. The number of halogens is 1. The second-order valence-electron chi connectivity index (χ2n) is 2.49. The maximum absolute atomic E-state index is 12.8. The predicted octanol–water partition coefficient (Wildman–Crippen LogP) is 1.14. The lowest BCUT2D eigenvalue weighted by atomic mass is 10.2. The van der Waals surface area contributed by atoms with E-state index in [0.717, 1.165) is 0 Å². The first-order chi connectivity index (χ1) is 5.20. The predicted molar refractivity (Wildman–Crippen MR) is 39.6 cm³/mol. The number of hydrogen-bond acceptors (Lipinski definition) is 2. The van der Waals surface area contributed by atoms with Crippen LogP contribution in [0.25, 0.3) is 0 Å². The van der Waals surface area contributed by atoms with E-state index in [2.05, 4.69) is 4.98 Å². The van der Waals surface area contributed by atoms with E-state index in [1.165, 1.54) is 18.3 Å². The second-order valence-corrected chi connectivity index (χ2v) is 2.49. The fraction of sp³-hybridized carbons (Fsp3) is 0.375. The quantitative estimate of drug-likeness (QED) is 0.694. The summed E-state index contributed by atoms with van der Waals surface area (Å²) >= 11 is 0. The lowest BCUT2D eigenvalue weighted by Crippen LogP contribution is -2.07. The Morgan fingerprint density at radius 3 is 3.00 bits per heavy atom. The Kier molecular flexibility index (Phi) is 2.54. The summed E-state index contributed by atoms with van der Waals surface area (Å²) in [5.74, 6) is -0.353. The van der Waals surface area contributed by atoms with Crippen LogP contribution in [-0.4, -0.2) is 16.2 Å². The standard InChI is InChI=1S/C8H10FNO/c1-6(11)5-8-7(9)3-2-4-10-8/h2-4,6,11H,5H2,1H3/t6-/m1/s1. The summed E-state index contributed by atoms with van der Waals surface area (Å²) in [7, 11) is 0. The summed E-state index contributed by atoms with van der Waals surface area (Å²) < 4.78 is 12.8. The molecule has 1 aromatic rings. The van der Waals surface area contributed by atoms with Gasteiger partial charge >= 0.3 is 0 Å². The minimum atomic E-state index is -0.542. The van der Waals surface area contributed by atoms with Gasteiger partial charge in [-0.05, 0) is 19.1 Å². The van der Waals surface area contributed by atoms with Crippen molar-refractivity contribution in [3.05, 3.63) is 29.8 Å². The van der Waals surface area contributed by atoms with Gasteiger partial charge in [0.2, 0.25) is 0 Å². The van der Waals surface area contributed by atoms with Crippen LogP contribution < -0.4 is 0 Å². The van der Waals surface area contributed by atoms with Crippen LogP contribution in [0.2, 0.25) is 0 Å². The van der Waals surface area contributed by atoms with Gasteiger partial charge in [0.15, 0.2) is 0 Å². The molecular weight excluding hydrogens is 145 g/mol. The van der Waals surface area contributed by atoms with Gasteiger partial charge in [0.05, 0.1) is 11.8 Å². The zero-order chi connectivity index (χ0) is 8.27. The molecule has 0 bridgehead atoms. The first-order valence-electron chi connectivity index (χ1n) is 3.47. The van der Waals surface area contributed by atoms with Crippen molar-refractivity contribution in [1.29, 1.82) is 0 Å². The summed E-state index contributed by atoms with van der Waals surface area (Å²) in [6.45, 7) is 1.61. The van der Waals surface area contributed by atoms with E-state index in [1.807, 2.05) is 0 Å². The lowest BCUT2D eigenvalue weighted by molar-refractivity contribution is 0.192. The molecule has 0 aromatic carbocycles. The Morgan fingerprint density at radius 2 is 2.45 bits per heavy atom. The number of hydrogen-bond donors (Lipinski definition) is 1. The molecule has 2 nitrogen and oxygen atoms in total. The molecule has 1 N–H and O–H groups in total. The van der Waals surface area contributed by atoms with E-state index in [1.54, 1.807) is 6.92 Å². The second kappa shape index (κ2) is 3.44. The minimum Gasteiger partial charge on any atom is -0.393 e. The molecule has 0 saturated heterocycles. The molecule has 0 unspecified atom stereocenters. The fourth-order valence-electron chi connectivity index (χ4n) is 0.848. The third kappa shape index (κ3) is 2.27. The van der Waals surface area contributed by atoms with Gasteiger partial charge < -0.3 is 5.11 Å². The average Bonchev–Trinajstić information content (AvgIpc) is 1.93. The number of aliphatic hydroxyl groups excluding tert-OH is 1. The molecular formula is C8H10FNO. The summed E-state index contributed by atoms with van der Waals surface area (Å²) in [5, 5.41) is 8.92. The van der Waals surface area contributed by atoms with Gasteiger partial charge in [-0.3, -0.25) is 4.98 Å². The molecule has 0 radical (unpaired) electrons. The van der Waals surface area contributed by atoms with Crippen LogP contribution in [0.1, 0.15) is 12.6 Å². The van der Waals surface area contributed by atoms with E-state index >= 15 is 0 Å². The Labute approximate surface area is 64.7 Å². The van der Waals surface area contributed by atoms with Gasteiger partial charge in [-0.15, -0.1) is 0 Å². The van der Waals surface area contributed by atoms with Crippen molar-refractivity contribution in [1.82, 2.24) is 4.98 Å². The maximum atomic E-state index is 12.8. The van der Waals surface area contributed by atoms with Gasteiger partial charge in [0.25, 0.3) is 0 Å². The highest BCUT2D eigenvalue weighted by atomic mass is 19.1. The number of aromatic nitrogens is 1. The van der Waals surface area contributed by atoms with Crippen molar-refractivity contribution < 1.29 is 9.50 Å². The molecule has 0 aliphatic heterocycles. The van der Waals surface area contributed by atoms with E-state index < -0.39 is 6.10 Å². The highest BCUT2D eigenvalue weighted by molar-refractivity contribution is 5.07. The highest BCUT2D eigenvalue weighted by Gasteiger charge is 2.04. The van der Waals surface area contributed by atoms with Gasteiger partial charge in [-0.1, -0.05) is 0 Å². The largest absolute Gasteiger partial charge is 0.393 e. The van der Waals surface area contributed by atoms with Crippen molar-refractivity contribution in [2.24, 2.45) is 0 Å². The molecule has 60 valence electrons. The molecule has 0 amide bonds. The van der Waals surface area contributed by atoms with Gasteiger partial charge in [0.1, 0.15) is 5.82 Å². The minimum absolute atomic E-state index is 0.271. The van der Waals surface area contributed by atoms with Crippen LogP contribution in [0, 0.1) is 5.82 Å². The van der Waals surface area contributed by atoms with Crippen LogP contribution in [-0.2, 0) is 6.42 Å². The van der Waals surface area contributed by atoms with Crippen LogP contribution in [0.3, 0.4) is 0 Å². The number of pyridine rings is 1. The third-order valence-corrected chi connectivity index (χ3v) is 1.32. The van der Waals surface area contributed by atoms with Crippen molar-refractivity contribution >= 4 is 0 Å². The molecule has 0 spiro atoms. The molecule has 0 fully saturated rings. The number of rotatable bonds is 2. The Hall–Kier alpha value is -0.960. The molecule has 1 atom stereocenters. The molecule has 1 rings (SSSR count). The smallest absolute Gasteiger partial charge is 0.144 e. The fourth-order valence-corrected chi connectivity index (χ4v) is 0.848. The molecule has 1 aromatic heterocycles. The number of nitrogens with zero attached hydrogens (tertiary/aromatic N) is 1. The maximum Gasteiger partial charge on any atom is 0.144 e. The molecule has 3 heteroatoms. The Morgan fingerprint density at radius 1 is 1.73 bits per heavy atom. The highest BCUT2D eigenvalue weighted by Crippen LogP contribution is 2.04. The zero-order valence-electron chi connectivity index (χ0n) is 6.29. The molecule has 0 saturated carbocycles. The van der Waals surface area contributed by atoms with Crippen molar-refractivity contribution in [3.63, 3.8) is 0 Å². The summed E-state index contributed by atoms with van der Waals surface area (Å²) in [6.07, 6.45) is 1.24. The van der Waals surface area contributed by atoms with E-state index in [9.17, 15) is 4.39 Å². The lowest BCUT2D eigenvalue weighted by Gasteiger charge is -2.02. The van der Waals surface area contributed by atoms with Gasteiger partial charge in [-0.25, -0.2) is 4.39 Å². The van der Waals surface area contributed by atoms with E-state index in [-0.39, 0.29) is 12.2 Å². The van der Waals surface area contributed by atoms with Gasteiger partial charge in [-0.2, -0.15) is 0 Å². The summed E-state index contributed by atoms with van der Waals surface area (Å²) in [4.78, 5) is 3.78. The normalized spacial score (nSPS) is 13.0. The van der Waals surface area contributed by atoms with Crippen LogP contribution >= 0.6 is 0 Å². The summed E-state index contributed by atoms with van der Waals surface area (Å²) in [5.41, 5.74) is 0.322. The molecule has 0 aliphatic carbocycles. The van der Waals surface area contributed by atoms with Crippen LogP contribution in [0.4, 0.5) is 4.39 Å². The Bertz CT molecular complexity index is 237. The summed E-state index contributed by atoms with van der Waals surface area (Å²) in [6, 6.07) is 2.87. The van der Waals surface area contributed by atoms with Gasteiger partial charge in [0, 0.05) is 12.6 Å². The SMILES string of the molecule is C[C@@H](O)Cc1ncccc1F. The number of aliphatic hydroxyl groups is 1. The topological polar surface area (TPSA) is 33.1 Å². The van der Waals surface area contributed by atoms with E-state index in [4.69, 9.17) is 5.11 Å². The monoisotopic (exact) mass is 155 g/mol. The molecule has 1 heterocycles. The van der Waals surface area contributed by atoms with Crippen molar-refractivity contribution in [2.75, 3.05) is 0 Å². The Balaban J connectivity index is 2.78. The van der Waals surface area contributed by atoms with E-state index in [0.29, 0.717) is 5.69 Å². The third-order valence-electron chi connectivity index (χ3n) is 1.32. The van der Waals surface area contributed by atoms with Crippen molar-refractivity contribution in [2.45, 2.75) is 19.4 Å². The van der Waals surface area contributed by atoms with Crippen molar-refractivity contribution in [3.8, 4) is 0 Å². The molecule has 0 aliphatic rings. The average molecular weight is 155 g/mol. The van der Waals surface area contributed by atoms with Crippen LogP contribution in [0.15, 0.2) is 18.3 Å². The first-order valence-corrected chi connectivity index (χ1v) is 3.47. The zero-order valence-corrected chi connectivity index (χ0v) is 6.29. The van der Waals surface area contributed by atoms with Crippen LogP contribution in [0.5, 0.6) is 0 Å². The first kappa shape index (κ1) is 8.14.